The lowest BCUT2D eigenvalue weighted by Gasteiger charge is -2.21. The second-order valence-electron chi connectivity index (χ2n) is 7.71. The van der Waals surface area contributed by atoms with Gasteiger partial charge in [-0.1, -0.05) is 6.42 Å². The molecule has 2 bridgehead atoms. The molecule has 2 heterocycles. The van der Waals surface area contributed by atoms with Crippen LogP contribution >= 0.6 is 0 Å². The smallest absolute Gasteiger partial charge is 0.254 e. The van der Waals surface area contributed by atoms with Gasteiger partial charge >= 0.3 is 0 Å². The highest BCUT2D eigenvalue weighted by Gasteiger charge is 2.38. The minimum absolute atomic E-state index is 0.0874. The first kappa shape index (κ1) is 16.3. The molecule has 0 aliphatic heterocycles. The number of nitrogens with one attached hydrogen (secondary N) is 2. The average Bonchev–Trinajstić information content (AvgIpc) is 3.23. The quantitative estimate of drug-likeness (QED) is 0.872. The van der Waals surface area contributed by atoms with Crippen molar-refractivity contribution in [1.29, 1.82) is 0 Å². The average molecular weight is 338 g/mol. The molecule has 3 atom stereocenters. The highest BCUT2D eigenvalue weighted by molar-refractivity contribution is 5.56. The van der Waals surface area contributed by atoms with Gasteiger partial charge in [0.15, 0.2) is 0 Å². The van der Waals surface area contributed by atoms with E-state index in [-0.39, 0.29) is 5.56 Å². The van der Waals surface area contributed by atoms with Gasteiger partial charge in [0, 0.05) is 29.6 Å². The number of aromatic amines is 1. The number of hydrogen-bond acceptors (Lipinski definition) is 4. The summed E-state index contributed by atoms with van der Waals surface area (Å²) in [7, 11) is 0. The van der Waals surface area contributed by atoms with E-state index in [0.717, 1.165) is 41.4 Å². The van der Waals surface area contributed by atoms with E-state index < -0.39 is 0 Å². The first-order chi connectivity index (χ1) is 12.1. The third kappa shape index (κ3) is 3.32. The molecule has 0 spiro atoms. The molecule has 2 aromatic rings. The van der Waals surface area contributed by atoms with Crippen LogP contribution in [0.5, 0.6) is 0 Å². The zero-order valence-electron chi connectivity index (χ0n) is 15.0. The number of pyridine rings is 1. The molecule has 2 aromatic heterocycles. The Kier molecular flexibility index (Phi) is 4.32. The predicted octanol–water partition coefficient (Wildman–Crippen LogP) is 3.69. The van der Waals surface area contributed by atoms with E-state index in [1.807, 2.05) is 19.1 Å². The number of H-pyrrole nitrogens is 1. The third-order valence-electron chi connectivity index (χ3n) is 6.14. The van der Waals surface area contributed by atoms with Gasteiger partial charge in [-0.05, 0) is 69.4 Å². The molecular formula is C20H26N4O. The van der Waals surface area contributed by atoms with E-state index in [9.17, 15) is 4.79 Å². The van der Waals surface area contributed by atoms with Crippen molar-refractivity contribution in [1.82, 2.24) is 15.0 Å². The summed E-state index contributed by atoms with van der Waals surface area (Å²) >= 11 is 0. The maximum atomic E-state index is 11.9. The number of fused-ring (bicyclic) bond motifs is 2. The Hall–Kier alpha value is -2.17. The zero-order valence-corrected chi connectivity index (χ0v) is 15.0. The normalized spacial score (nSPS) is 24.6. The molecule has 2 aliphatic rings. The fourth-order valence-electron chi connectivity index (χ4n) is 4.54. The molecule has 0 saturated heterocycles. The Morgan fingerprint density at radius 1 is 1.24 bits per heavy atom. The van der Waals surface area contributed by atoms with Gasteiger partial charge in [0.2, 0.25) is 0 Å². The molecule has 0 aromatic carbocycles. The van der Waals surface area contributed by atoms with E-state index in [1.54, 1.807) is 13.1 Å². The monoisotopic (exact) mass is 338 g/mol. The van der Waals surface area contributed by atoms with Crippen molar-refractivity contribution in [3.05, 3.63) is 39.9 Å². The fourth-order valence-corrected chi connectivity index (χ4v) is 4.54. The van der Waals surface area contributed by atoms with Gasteiger partial charge in [-0.25, -0.2) is 9.97 Å². The van der Waals surface area contributed by atoms with Crippen LogP contribution in [-0.2, 0) is 0 Å². The molecule has 2 fully saturated rings. The van der Waals surface area contributed by atoms with Crippen LogP contribution in [-0.4, -0.2) is 21.5 Å². The number of hydrogen-bond donors (Lipinski definition) is 2. The first-order valence-corrected chi connectivity index (χ1v) is 9.38. The second-order valence-corrected chi connectivity index (χ2v) is 7.71. The minimum atomic E-state index is -0.0874. The summed E-state index contributed by atoms with van der Waals surface area (Å²) in [5, 5.41) is 3.44. The van der Waals surface area contributed by atoms with Crippen molar-refractivity contribution >= 4 is 5.82 Å². The minimum Gasteiger partial charge on any atom is -0.370 e. The molecule has 4 rings (SSSR count). The Balaban J connectivity index is 1.36. The van der Waals surface area contributed by atoms with E-state index in [0.29, 0.717) is 11.4 Å². The molecule has 3 unspecified atom stereocenters. The Morgan fingerprint density at radius 2 is 2.12 bits per heavy atom. The topological polar surface area (TPSA) is 70.7 Å². The molecular weight excluding hydrogens is 312 g/mol. The van der Waals surface area contributed by atoms with Crippen molar-refractivity contribution in [3.63, 3.8) is 0 Å². The zero-order chi connectivity index (χ0) is 17.4. The fraction of sp³-hybridized carbons (Fsp3) is 0.550. The summed E-state index contributed by atoms with van der Waals surface area (Å²) in [6.07, 6.45) is 8.84. The summed E-state index contributed by atoms with van der Waals surface area (Å²) < 4.78 is 0. The van der Waals surface area contributed by atoms with Gasteiger partial charge in [0.05, 0.1) is 0 Å². The maximum Gasteiger partial charge on any atom is 0.254 e. The van der Waals surface area contributed by atoms with Gasteiger partial charge in [-0.3, -0.25) is 4.79 Å². The van der Waals surface area contributed by atoms with E-state index in [1.165, 1.54) is 32.1 Å². The Labute approximate surface area is 148 Å². The van der Waals surface area contributed by atoms with Crippen LogP contribution < -0.4 is 10.9 Å². The van der Waals surface area contributed by atoms with Gasteiger partial charge < -0.3 is 10.3 Å². The molecule has 0 radical (unpaired) electrons. The second kappa shape index (κ2) is 6.62. The summed E-state index contributed by atoms with van der Waals surface area (Å²) in [4.78, 5) is 23.6. The predicted molar refractivity (Wildman–Crippen MR) is 99.6 cm³/mol. The largest absolute Gasteiger partial charge is 0.370 e. The van der Waals surface area contributed by atoms with Crippen LogP contribution in [0.15, 0.2) is 23.1 Å². The number of anilines is 1. The summed E-state index contributed by atoms with van der Waals surface area (Å²) in [6, 6.07) is 3.92. The van der Waals surface area contributed by atoms with Crippen molar-refractivity contribution < 1.29 is 0 Å². The molecule has 0 amide bonds. The molecule has 25 heavy (non-hydrogen) atoms. The van der Waals surface area contributed by atoms with E-state index in [2.05, 4.69) is 20.3 Å². The number of rotatable bonds is 5. The maximum absolute atomic E-state index is 11.9. The van der Waals surface area contributed by atoms with Crippen molar-refractivity contribution in [2.75, 3.05) is 11.9 Å². The SMILES string of the molecule is Cc1nc(-c2ccc(NCCC3CC4CCC3C4)nc2)[nH]c(=O)c1C. The molecule has 5 nitrogen and oxygen atoms in total. The van der Waals surface area contributed by atoms with Crippen molar-refractivity contribution in [2.45, 2.75) is 46.0 Å². The molecule has 2 saturated carbocycles. The van der Waals surface area contributed by atoms with Crippen molar-refractivity contribution in [2.24, 2.45) is 17.8 Å². The lowest BCUT2D eigenvalue weighted by molar-refractivity contribution is 0.321. The number of aromatic nitrogens is 3. The summed E-state index contributed by atoms with van der Waals surface area (Å²) in [5.41, 5.74) is 2.16. The molecule has 2 aliphatic carbocycles. The Morgan fingerprint density at radius 3 is 2.76 bits per heavy atom. The number of aryl methyl sites for hydroxylation is 1. The van der Waals surface area contributed by atoms with Gasteiger partial charge in [-0.2, -0.15) is 0 Å². The van der Waals surface area contributed by atoms with E-state index in [4.69, 9.17) is 0 Å². The van der Waals surface area contributed by atoms with Crippen LogP contribution in [0.3, 0.4) is 0 Å². The lowest BCUT2D eigenvalue weighted by Crippen LogP contribution is -2.15. The third-order valence-corrected chi connectivity index (χ3v) is 6.14. The summed E-state index contributed by atoms with van der Waals surface area (Å²) in [5.74, 6) is 4.37. The summed E-state index contributed by atoms with van der Waals surface area (Å²) in [6.45, 7) is 4.62. The van der Waals surface area contributed by atoms with Crippen LogP contribution in [0.4, 0.5) is 5.82 Å². The molecule has 132 valence electrons. The lowest BCUT2D eigenvalue weighted by atomic mass is 9.86. The Bertz CT molecular complexity index is 811. The van der Waals surface area contributed by atoms with Crippen molar-refractivity contribution in [3.8, 4) is 11.4 Å². The van der Waals surface area contributed by atoms with Crippen LogP contribution in [0.2, 0.25) is 0 Å². The van der Waals surface area contributed by atoms with Crippen LogP contribution in [0, 0.1) is 31.6 Å². The van der Waals surface area contributed by atoms with E-state index >= 15 is 0 Å². The molecule has 2 N–H and O–H groups in total. The highest BCUT2D eigenvalue weighted by Crippen LogP contribution is 2.49. The standard InChI is InChI=1S/C20H26N4O/c1-12-13(2)23-19(24-20(12)25)17-5-6-18(22-11-17)21-8-7-16-10-14-3-4-15(16)9-14/h5-6,11,14-16H,3-4,7-10H2,1-2H3,(H,21,22)(H,23,24,25). The number of nitrogens with zero attached hydrogens (tertiary/aromatic N) is 2. The van der Waals surface area contributed by atoms with Gasteiger partial charge in [0.1, 0.15) is 11.6 Å². The molecule has 5 heteroatoms. The highest BCUT2D eigenvalue weighted by atomic mass is 16.1. The first-order valence-electron chi connectivity index (χ1n) is 9.38. The van der Waals surface area contributed by atoms with Gasteiger partial charge in [0.25, 0.3) is 5.56 Å². The van der Waals surface area contributed by atoms with Crippen LogP contribution in [0.1, 0.15) is 43.4 Å². The van der Waals surface area contributed by atoms with Crippen LogP contribution in [0.25, 0.3) is 11.4 Å². The van der Waals surface area contributed by atoms with Gasteiger partial charge in [-0.15, -0.1) is 0 Å².